The molecule has 3 aliphatic rings. The smallest absolute Gasteiger partial charge is 0.319 e. The van der Waals surface area contributed by atoms with E-state index in [2.05, 4.69) is 46.5 Å². The highest BCUT2D eigenvalue weighted by Gasteiger charge is 2.34. The lowest BCUT2D eigenvalue weighted by molar-refractivity contribution is -0.105. The van der Waals surface area contributed by atoms with Crippen molar-refractivity contribution >= 4 is 51.5 Å². The largest absolute Gasteiger partial charge is 0.508 e. The van der Waals surface area contributed by atoms with Crippen LogP contribution in [0.25, 0.3) is 32.9 Å². The molecule has 268 valence electrons. The van der Waals surface area contributed by atoms with E-state index in [4.69, 9.17) is 11.2 Å². The minimum absolute atomic E-state index is 0.00218. The molecule has 3 aromatic carbocycles. The summed E-state index contributed by atoms with van der Waals surface area (Å²) in [4.78, 5) is 31.4. The number of phenolic OH excluding ortho intramolecular Hbond substituents is 1. The Kier molecular flexibility index (Phi) is 9.51. The number of piperazine rings is 1. The van der Waals surface area contributed by atoms with Gasteiger partial charge in [0.25, 0.3) is 0 Å². The monoisotopic (exact) mass is 729 g/mol. The molecule has 2 aliphatic heterocycles. The molecule has 2 bridgehead atoms. The highest BCUT2D eigenvalue weighted by molar-refractivity contribution is 7.97. The fourth-order valence-electron chi connectivity index (χ4n) is 6.95. The number of benzene rings is 3. The van der Waals surface area contributed by atoms with Crippen molar-refractivity contribution in [1.29, 1.82) is 0 Å². The molecule has 53 heavy (non-hydrogen) atoms. The van der Waals surface area contributed by atoms with E-state index in [1.165, 1.54) is 30.9 Å². The molecular weight excluding hydrogens is 694 g/mol. The van der Waals surface area contributed by atoms with E-state index >= 15 is 4.39 Å². The number of fused-ring (bicyclic) bond motifs is 4. The van der Waals surface area contributed by atoms with Crippen molar-refractivity contribution < 1.29 is 19.0 Å². The molecule has 1 amide bonds. The summed E-state index contributed by atoms with van der Waals surface area (Å²) >= 11 is 1.51. The Balaban J connectivity index is 0.000000186. The number of nitrogens with zero attached hydrogens (tertiary/aromatic N) is 7. The fraction of sp³-hybridized carbons (Fsp3) is 0.282. The first-order valence-corrected chi connectivity index (χ1v) is 18.3. The second kappa shape index (κ2) is 14.7. The van der Waals surface area contributed by atoms with E-state index < -0.39 is 5.82 Å². The van der Waals surface area contributed by atoms with Gasteiger partial charge < -0.3 is 25.4 Å². The summed E-state index contributed by atoms with van der Waals surface area (Å²) in [7, 11) is 0. The Labute approximate surface area is 309 Å². The summed E-state index contributed by atoms with van der Waals surface area (Å²) in [6.07, 6.45) is 14.4. The van der Waals surface area contributed by atoms with Crippen molar-refractivity contribution in [2.24, 2.45) is 0 Å². The number of carbonyl (C=O) groups excluding carboxylic acids is 1. The molecule has 1 saturated carbocycles. The molecule has 12 nitrogen and oxygen atoms in total. The molecular formula is C39H36FN9O3S. The second-order valence-corrected chi connectivity index (χ2v) is 14.2. The Hall–Kier alpha value is -5.78. The maximum Gasteiger partial charge on any atom is 0.319 e. The highest BCUT2D eigenvalue weighted by Crippen LogP contribution is 2.39. The minimum Gasteiger partial charge on any atom is -0.508 e. The SMILES string of the molecule is C#Cc1cccc2cc(O)cc(-c3ncc4c(N5CC6CCC(C5)N6)nc(OCC)nc4c3F)c12.O=CNc1ccc(Sn2cnc(C3CC3)n2)cc1. The average Bonchev–Trinajstić information content (AvgIpc) is 3.82. The maximum atomic E-state index is 16.2. The van der Waals surface area contributed by atoms with E-state index in [0.717, 1.165) is 42.3 Å². The molecule has 3 N–H and O–H groups in total. The number of terminal acetylenes is 1. The van der Waals surface area contributed by atoms with Gasteiger partial charge in [0.15, 0.2) is 11.6 Å². The van der Waals surface area contributed by atoms with Crippen LogP contribution in [0.4, 0.5) is 15.9 Å². The zero-order valence-corrected chi connectivity index (χ0v) is 29.7. The summed E-state index contributed by atoms with van der Waals surface area (Å²) in [6, 6.07) is 17.0. The van der Waals surface area contributed by atoms with Gasteiger partial charge in [-0.15, -0.1) is 11.5 Å². The number of hydrogen-bond acceptors (Lipinski definition) is 11. The van der Waals surface area contributed by atoms with Crippen molar-refractivity contribution in [2.45, 2.75) is 55.5 Å². The molecule has 6 aromatic rings. The second-order valence-electron chi connectivity index (χ2n) is 13.2. The van der Waals surface area contributed by atoms with E-state index in [-0.39, 0.29) is 23.0 Å². The average molecular weight is 730 g/mol. The number of rotatable bonds is 9. The molecule has 1 aliphatic carbocycles. The normalized spacial score (nSPS) is 17.6. The Morgan fingerprint density at radius 1 is 1.09 bits per heavy atom. The van der Waals surface area contributed by atoms with Gasteiger partial charge in [-0.3, -0.25) is 9.78 Å². The summed E-state index contributed by atoms with van der Waals surface area (Å²) in [6.45, 7) is 3.76. The van der Waals surface area contributed by atoms with Crippen LogP contribution in [0, 0.1) is 18.2 Å². The van der Waals surface area contributed by atoms with Crippen molar-refractivity contribution in [3.63, 3.8) is 0 Å². The van der Waals surface area contributed by atoms with Crippen LogP contribution in [-0.2, 0) is 4.79 Å². The summed E-state index contributed by atoms with van der Waals surface area (Å²) in [5.41, 5.74) is 1.98. The van der Waals surface area contributed by atoms with Gasteiger partial charge in [0.05, 0.1) is 12.0 Å². The van der Waals surface area contributed by atoms with Crippen LogP contribution in [0.2, 0.25) is 0 Å². The summed E-state index contributed by atoms with van der Waals surface area (Å²) in [5.74, 6) is 4.19. The zero-order valence-electron chi connectivity index (χ0n) is 28.9. The Morgan fingerprint density at radius 3 is 2.60 bits per heavy atom. The number of aromatic nitrogens is 6. The van der Waals surface area contributed by atoms with Crippen molar-refractivity contribution in [3.05, 3.63) is 84.3 Å². The first-order valence-electron chi connectivity index (χ1n) is 17.5. The number of ether oxygens (including phenoxy) is 1. The fourth-order valence-corrected chi connectivity index (χ4v) is 7.65. The topological polar surface area (TPSA) is 143 Å². The predicted octanol–water partition coefficient (Wildman–Crippen LogP) is 6.29. The van der Waals surface area contributed by atoms with Crippen molar-refractivity contribution in [2.75, 3.05) is 29.9 Å². The number of halogens is 1. The van der Waals surface area contributed by atoms with Crippen LogP contribution < -0.4 is 20.3 Å². The third-order valence-corrected chi connectivity index (χ3v) is 10.4. The molecule has 2 unspecified atom stereocenters. The van der Waals surface area contributed by atoms with Gasteiger partial charge in [-0.25, -0.2) is 9.37 Å². The molecule has 2 saturated heterocycles. The first-order chi connectivity index (χ1) is 25.9. The van der Waals surface area contributed by atoms with Gasteiger partial charge in [0, 0.05) is 76.3 Å². The molecule has 0 spiro atoms. The van der Waals surface area contributed by atoms with Crippen molar-refractivity contribution in [3.8, 4) is 35.4 Å². The van der Waals surface area contributed by atoms with Gasteiger partial charge in [-0.1, -0.05) is 18.1 Å². The van der Waals surface area contributed by atoms with E-state index in [9.17, 15) is 9.90 Å². The van der Waals surface area contributed by atoms with E-state index in [1.807, 2.05) is 37.3 Å². The third-order valence-electron chi connectivity index (χ3n) is 9.52. The number of anilines is 2. The van der Waals surface area contributed by atoms with Gasteiger partial charge in [-0.2, -0.15) is 14.1 Å². The van der Waals surface area contributed by atoms with Gasteiger partial charge in [-0.05, 0) is 80.5 Å². The van der Waals surface area contributed by atoms with Crippen LogP contribution in [0.1, 0.15) is 49.9 Å². The number of amides is 1. The number of aromatic hydroxyl groups is 1. The van der Waals surface area contributed by atoms with Crippen LogP contribution >= 0.6 is 11.9 Å². The molecule has 3 fully saturated rings. The van der Waals surface area contributed by atoms with Gasteiger partial charge in [0.1, 0.15) is 29.1 Å². The summed E-state index contributed by atoms with van der Waals surface area (Å²) in [5, 5.41) is 22.9. The molecule has 9 rings (SSSR count). The van der Waals surface area contributed by atoms with E-state index in [1.54, 1.807) is 34.8 Å². The first kappa shape index (κ1) is 34.3. The Morgan fingerprint density at radius 2 is 1.89 bits per heavy atom. The summed E-state index contributed by atoms with van der Waals surface area (Å²) < 4.78 is 23.6. The van der Waals surface area contributed by atoms with Crippen LogP contribution in [0.3, 0.4) is 0 Å². The molecule has 2 atom stereocenters. The maximum absolute atomic E-state index is 16.2. The van der Waals surface area contributed by atoms with Gasteiger partial charge >= 0.3 is 6.01 Å². The van der Waals surface area contributed by atoms with Gasteiger partial charge in [0.2, 0.25) is 6.41 Å². The van der Waals surface area contributed by atoms with Crippen molar-refractivity contribution in [1.82, 2.24) is 34.4 Å². The standard InChI is InChI=1S/C27H24FN5O2.C12H12N4OS/c1-3-15-6-5-7-16-10-19(34)11-20(22(15)16)24-23(28)25-21(12-29-24)26(32-27(31-25)35-4-2)33-13-17-8-9-18(14-33)30-17;17-8-14-10-3-5-11(6-4-10)18-16-7-13-12(15-16)9-1-2-9/h1,5-7,10-12,17-18,30,34H,4,8-9,13-14H2,2H3;3-9H,1-2H2,(H,14,17). The lowest BCUT2D eigenvalue weighted by Crippen LogP contribution is -2.51. The lowest BCUT2D eigenvalue weighted by Gasteiger charge is -2.34. The lowest BCUT2D eigenvalue weighted by atomic mass is 9.96. The molecule has 5 heterocycles. The quantitative estimate of drug-likeness (QED) is 0.114. The number of hydrogen-bond donors (Lipinski definition) is 3. The predicted molar refractivity (Wildman–Crippen MR) is 203 cm³/mol. The Bertz CT molecular complexity index is 2350. The minimum atomic E-state index is -0.607. The number of phenols is 1. The number of pyridine rings is 1. The number of nitrogens with one attached hydrogen (secondary N) is 2. The van der Waals surface area contributed by atoms with E-state index in [0.29, 0.717) is 64.1 Å². The highest BCUT2D eigenvalue weighted by atomic mass is 32.2. The van der Waals surface area contributed by atoms with Crippen LogP contribution in [0.5, 0.6) is 11.8 Å². The van der Waals surface area contributed by atoms with Crippen LogP contribution in [0.15, 0.2) is 72.0 Å². The number of carbonyl (C=O) groups is 1. The molecule has 3 aromatic heterocycles. The molecule has 14 heteroatoms. The zero-order chi connectivity index (χ0) is 36.5. The third kappa shape index (κ3) is 7.18. The van der Waals surface area contributed by atoms with Crippen LogP contribution in [-0.4, -0.2) is 72.4 Å². The molecule has 0 radical (unpaired) electrons.